The average molecular weight is 463 g/mol. The van der Waals surface area contributed by atoms with E-state index in [0.717, 1.165) is 12.1 Å². The van der Waals surface area contributed by atoms with Crippen molar-refractivity contribution in [3.8, 4) is 0 Å². The molecule has 0 saturated heterocycles. The number of halogens is 4. The van der Waals surface area contributed by atoms with Crippen LogP contribution in [-0.2, 0) is 15.8 Å². The van der Waals surface area contributed by atoms with Gasteiger partial charge in [0.2, 0.25) is 5.91 Å². The van der Waals surface area contributed by atoms with Crippen molar-refractivity contribution >= 4 is 40.0 Å². The smallest absolute Gasteiger partial charge is 0.322 e. The Kier molecular flexibility index (Phi) is 5.46. The normalized spacial score (nSPS) is 17.2. The van der Waals surface area contributed by atoms with Gasteiger partial charge in [-0.05, 0) is 42.8 Å². The minimum Gasteiger partial charge on any atom is -0.322 e. The second kappa shape index (κ2) is 7.98. The number of allylic oxidation sites excluding steroid dienone is 1. The number of carbonyl (C=O) groups excluding carboxylic acids is 2. The number of alkyl halides is 3. The molecule has 2 aromatic carbocycles. The minimum absolute atomic E-state index is 0.0332. The van der Waals surface area contributed by atoms with Crippen LogP contribution in [0.2, 0.25) is 5.15 Å². The number of rotatable bonds is 3. The van der Waals surface area contributed by atoms with Gasteiger partial charge in [0.05, 0.1) is 11.1 Å². The van der Waals surface area contributed by atoms with Gasteiger partial charge in [-0.1, -0.05) is 23.7 Å². The zero-order chi connectivity index (χ0) is 23.2. The van der Waals surface area contributed by atoms with Gasteiger partial charge in [0, 0.05) is 41.7 Å². The molecule has 166 valence electrons. The summed E-state index contributed by atoms with van der Waals surface area (Å²) < 4.78 is 38.9. The van der Waals surface area contributed by atoms with Gasteiger partial charge in [-0.15, -0.1) is 0 Å². The minimum atomic E-state index is -4.47. The van der Waals surface area contributed by atoms with Gasteiger partial charge in [-0.2, -0.15) is 18.3 Å². The molecule has 2 heterocycles. The lowest BCUT2D eigenvalue weighted by molar-refractivity contribution is -0.137. The molecule has 1 aromatic heterocycles. The zero-order valence-corrected chi connectivity index (χ0v) is 17.8. The maximum absolute atomic E-state index is 13.3. The predicted octanol–water partition coefficient (Wildman–Crippen LogP) is 5.09. The van der Waals surface area contributed by atoms with Gasteiger partial charge in [-0.25, -0.2) is 0 Å². The van der Waals surface area contributed by atoms with Crippen LogP contribution in [0.25, 0.3) is 10.9 Å². The highest BCUT2D eigenvalue weighted by molar-refractivity contribution is 6.34. The molecule has 1 aliphatic rings. The highest BCUT2D eigenvalue weighted by Crippen LogP contribution is 2.38. The summed E-state index contributed by atoms with van der Waals surface area (Å²) in [6.07, 6.45) is -4.51. The van der Waals surface area contributed by atoms with Gasteiger partial charge >= 0.3 is 6.18 Å². The Morgan fingerprint density at radius 3 is 2.56 bits per heavy atom. The zero-order valence-electron chi connectivity index (χ0n) is 17.0. The summed E-state index contributed by atoms with van der Waals surface area (Å²) in [5.41, 5.74) is 1.58. The summed E-state index contributed by atoms with van der Waals surface area (Å²) in [5.74, 6) is -1.36. The van der Waals surface area contributed by atoms with Crippen LogP contribution in [0, 0.1) is 0 Å². The van der Waals surface area contributed by atoms with Crippen LogP contribution in [0.4, 0.5) is 18.9 Å². The molecule has 0 aliphatic carbocycles. The summed E-state index contributed by atoms with van der Waals surface area (Å²) in [4.78, 5) is 27.1. The Labute approximate surface area is 186 Å². The van der Waals surface area contributed by atoms with Crippen molar-refractivity contribution in [1.82, 2.24) is 15.1 Å². The summed E-state index contributed by atoms with van der Waals surface area (Å²) in [6.45, 7) is 1.64. The van der Waals surface area contributed by atoms with Crippen LogP contribution in [0.3, 0.4) is 0 Å². The van der Waals surface area contributed by atoms with Gasteiger partial charge < -0.3 is 10.2 Å². The number of fused-ring (bicyclic) bond motifs is 1. The molecule has 3 aromatic rings. The van der Waals surface area contributed by atoms with E-state index < -0.39 is 23.6 Å². The molecule has 0 fully saturated rings. The number of amides is 2. The van der Waals surface area contributed by atoms with E-state index in [4.69, 9.17) is 11.6 Å². The number of H-pyrrole nitrogens is 1. The molecule has 4 rings (SSSR count). The van der Waals surface area contributed by atoms with Gasteiger partial charge in [-0.3, -0.25) is 14.7 Å². The van der Waals surface area contributed by atoms with E-state index in [1.165, 1.54) is 17.0 Å². The van der Waals surface area contributed by atoms with Crippen molar-refractivity contribution in [3.63, 3.8) is 0 Å². The Bertz CT molecular complexity index is 1250. The molecule has 0 spiro atoms. The number of benzene rings is 2. The Morgan fingerprint density at radius 2 is 1.91 bits per heavy atom. The van der Waals surface area contributed by atoms with E-state index in [2.05, 4.69) is 15.5 Å². The van der Waals surface area contributed by atoms with E-state index in [-0.39, 0.29) is 17.5 Å². The molecule has 1 aliphatic heterocycles. The molecule has 0 saturated carbocycles. The molecule has 0 bridgehead atoms. The van der Waals surface area contributed by atoms with Crippen molar-refractivity contribution in [2.24, 2.45) is 0 Å². The molecule has 10 heteroatoms. The lowest BCUT2D eigenvalue weighted by Crippen LogP contribution is -2.36. The van der Waals surface area contributed by atoms with Gasteiger partial charge in [0.15, 0.2) is 5.15 Å². The van der Waals surface area contributed by atoms with E-state index in [1.807, 2.05) is 0 Å². The van der Waals surface area contributed by atoms with E-state index >= 15 is 0 Å². The van der Waals surface area contributed by atoms with Crippen molar-refractivity contribution in [1.29, 1.82) is 0 Å². The number of hydrogen-bond acceptors (Lipinski definition) is 3. The summed E-state index contributed by atoms with van der Waals surface area (Å²) >= 11 is 6.05. The summed E-state index contributed by atoms with van der Waals surface area (Å²) in [7, 11) is 1.56. The number of anilines is 1. The first-order chi connectivity index (χ1) is 15.1. The fraction of sp³-hybridized carbons (Fsp3) is 0.227. The number of aromatic amines is 1. The number of aromatic nitrogens is 2. The van der Waals surface area contributed by atoms with E-state index in [1.54, 1.807) is 32.2 Å². The van der Waals surface area contributed by atoms with Crippen LogP contribution < -0.4 is 5.32 Å². The Balaban J connectivity index is 1.69. The molecular weight excluding hydrogens is 445 g/mol. The second-order valence-corrected chi connectivity index (χ2v) is 7.92. The van der Waals surface area contributed by atoms with Crippen molar-refractivity contribution in [2.75, 3.05) is 12.4 Å². The lowest BCUT2D eigenvalue weighted by Gasteiger charge is -2.32. The highest BCUT2D eigenvalue weighted by Gasteiger charge is 2.36. The molecule has 6 nitrogen and oxygen atoms in total. The lowest BCUT2D eigenvalue weighted by atomic mass is 9.83. The van der Waals surface area contributed by atoms with Crippen LogP contribution >= 0.6 is 11.6 Å². The first-order valence-electron chi connectivity index (χ1n) is 9.65. The molecule has 2 amide bonds. The van der Waals surface area contributed by atoms with E-state index in [9.17, 15) is 22.8 Å². The second-order valence-electron chi connectivity index (χ2n) is 7.56. The summed E-state index contributed by atoms with van der Waals surface area (Å²) in [6, 6.07) is 9.59. The van der Waals surface area contributed by atoms with E-state index in [0.29, 0.717) is 33.4 Å². The maximum atomic E-state index is 13.3. The number of hydrogen-bond donors (Lipinski definition) is 2. The SMILES string of the molecule is CC1=C(C(=O)Nc2ccc3[nH]nc(Cl)c3c2)C(c2ccc(C(F)(F)F)cc2)CC(=O)N1C. The standard InChI is InChI=1S/C22H18ClF3N4O2/c1-11-19(21(32)27-14-7-8-17-16(9-14)20(23)29-28-17)15(10-18(31)30(11)2)12-3-5-13(6-4-12)22(24,25)26/h3-9,15H,10H2,1-2H3,(H,27,32)(H,28,29). The van der Waals surface area contributed by atoms with Crippen molar-refractivity contribution < 1.29 is 22.8 Å². The highest BCUT2D eigenvalue weighted by atomic mass is 35.5. The maximum Gasteiger partial charge on any atom is 0.416 e. The molecule has 32 heavy (non-hydrogen) atoms. The van der Waals surface area contributed by atoms with Crippen LogP contribution in [0.1, 0.15) is 30.4 Å². The largest absolute Gasteiger partial charge is 0.416 e. The monoisotopic (exact) mass is 462 g/mol. The fourth-order valence-corrected chi connectivity index (χ4v) is 4.00. The van der Waals surface area contributed by atoms with Gasteiger partial charge in [0.25, 0.3) is 5.91 Å². The third kappa shape index (κ3) is 3.95. The number of nitrogens with zero attached hydrogens (tertiary/aromatic N) is 2. The predicted molar refractivity (Wildman–Crippen MR) is 114 cm³/mol. The Morgan fingerprint density at radius 1 is 1.22 bits per heavy atom. The molecular formula is C22H18ClF3N4O2. The molecule has 1 unspecified atom stereocenters. The third-order valence-electron chi connectivity index (χ3n) is 5.65. The first-order valence-corrected chi connectivity index (χ1v) is 10.0. The van der Waals surface area contributed by atoms with Crippen molar-refractivity contribution in [3.05, 3.63) is 70.0 Å². The van der Waals surface area contributed by atoms with Crippen LogP contribution in [0.15, 0.2) is 53.7 Å². The number of carbonyl (C=O) groups is 2. The molecule has 2 N–H and O–H groups in total. The van der Waals surface area contributed by atoms with Crippen LogP contribution in [0.5, 0.6) is 0 Å². The fourth-order valence-electron chi connectivity index (χ4n) is 3.80. The topological polar surface area (TPSA) is 78.1 Å². The van der Waals surface area contributed by atoms with Crippen LogP contribution in [-0.4, -0.2) is 34.0 Å². The van der Waals surface area contributed by atoms with Crippen molar-refractivity contribution in [2.45, 2.75) is 25.4 Å². The quantitative estimate of drug-likeness (QED) is 0.569. The average Bonchev–Trinajstić information content (AvgIpc) is 3.11. The summed E-state index contributed by atoms with van der Waals surface area (Å²) in [5, 5.41) is 10.4. The number of nitrogens with one attached hydrogen (secondary N) is 2. The molecule has 1 atom stereocenters. The Hall–Kier alpha value is -3.33. The first kappa shape index (κ1) is 21.9. The van der Waals surface area contributed by atoms with Gasteiger partial charge in [0.1, 0.15) is 0 Å². The third-order valence-corrected chi connectivity index (χ3v) is 5.94. The molecule has 0 radical (unpaired) electrons.